The highest BCUT2D eigenvalue weighted by atomic mass is 16.5. The molecule has 2 saturated heterocycles. The summed E-state index contributed by atoms with van der Waals surface area (Å²) in [6, 6.07) is 7.17. The van der Waals surface area contributed by atoms with Gasteiger partial charge in [0.1, 0.15) is 5.75 Å². The van der Waals surface area contributed by atoms with Crippen molar-refractivity contribution in [1.82, 2.24) is 10.2 Å². The van der Waals surface area contributed by atoms with E-state index in [1.807, 2.05) is 0 Å². The Morgan fingerprint density at radius 3 is 3.00 bits per heavy atom. The van der Waals surface area contributed by atoms with Crippen molar-refractivity contribution in [2.24, 2.45) is 11.8 Å². The minimum Gasteiger partial charge on any atom is -0.497 e. The van der Waals surface area contributed by atoms with Crippen LogP contribution in [-0.2, 0) is 16.6 Å². The molecule has 3 atom stereocenters. The first-order valence-corrected chi connectivity index (χ1v) is 9.88. The van der Waals surface area contributed by atoms with Gasteiger partial charge in [-0.2, -0.15) is 0 Å². The van der Waals surface area contributed by atoms with Gasteiger partial charge in [-0.05, 0) is 73.7 Å². The van der Waals surface area contributed by atoms with Crippen molar-refractivity contribution in [2.45, 2.75) is 50.0 Å². The number of amides is 1. The topological polar surface area (TPSA) is 41.6 Å². The largest absolute Gasteiger partial charge is 0.497 e. The summed E-state index contributed by atoms with van der Waals surface area (Å²) in [4.78, 5) is 15.3. The fourth-order valence-electron chi connectivity index (χ4n) is 5.83. The van der Waals surface area contributed by atoms with E-state index in [0.717, 1.165) is 44.0 Å². The summed E-state index contributed by atoms with van der Waals surface area (Å²) >= 11 is 0. The van der Waals surface area contributed by atoms with E-state index in [1.54, 1.807) is 7.11 Å². The molecule has 0 radical (unpaired) electrons. The Morgan fingerprint density at radius 2 is 2.20 bits per heavy atom. The number of carbonyl (C=O) groups is 1. The third-order valence-corrected chi connectivity index (χ3v) is 7.21. The monoisotopic (exact) mass is 340 g/mol. The number of ether oxygens (including phenoxy) is 1. The first kappa shape index (κ1) is 15.7. The molecule has 1 N–H and O–H groups in total. The molecule has 3 fully saturated rings. The van der Waals surface area contributed by atoms with Crippen LogP contribution in [0.1, 0.15) is 43.2 Å². The number of rotatable bonds is 3. The highest BCUT2D eigenvalue weighted by Crippen LogP contribution is 2.54. The van der Waals surface area contributed by atoms with Gasteiger partial charge in [0.2, 0.25) is 5.91 Å². The summed E-state index contributed by atoms with van der Waals surface area (Å²) in [5.41, 5.74) is 2.85. The molecule has 134 valence electrons. The highest BCUT2D eigenvalue weighted by molar-refractivity contribution is 5.78. The number of nitrogens with one attached hydrogen (secondary N) is 1. The van der Waals surface area contributed by atoms with Gasteiger partial charge in [0.25, 0.3) is 0 Å². The SMILES string of the molecule is COc1ccc2c(c1)C13CCN(CC4CC4)C(C2)C1CCNC(=O)C3. The van der Waals surface area contributed by atoms with E-state index < -0.39 is 0 Å². The van der Waals surface area contributed by atoms with E-state index in [2.05, 4.69) is 28.4 Å². The number of fused-ring (bicyclic) bond motifs is 1. The maximum Gasteiger partial charge on any atom is 0.220 e. The molecule has 1 aromatic carbocycles. The first-order chi connectivity index (χ1) is 12.2. The van der Waals surface area contributed by atoms with Crippen LogP contribution in [-0.4, -0.2) is 43.6 Å². The second kappa shape index (κ2) is 5.73. The van der Waals surface area contributed by atoms with Crippen LogP contribution in [0.5, 0.6) is 5.75 Å². The summed E-state index contributed by atoms with van der Waals surface area (Å²) in [5.74, 6) is 2.66. The molecule has 4 nitrogen and oxygen atoms in total. The zero-order valence-electron chi connectivity index (χ0n) is 15.1. The summed E-state index contributed by atoms with van der Waals surface area (Å²) in [6.45, 7) is 3.24. The highest BCUT2D eigenvalue weighted by Gasteiger charge is 2.54. The Hall–Kier alpha value is -1.55. The number of benzene rings is 1. The Balaban J connectivity index is 1.60. The van der Waals surface area contributed by atoms with E-state index in [4.69, 9.17) is 4.74 Å². The molecule has 0 aromatic heterocycles. The lowest BCUT2D eigenvalue weighted by molar-refractivity contribution is -0.123. The van der Waals surface area contributed by atoms with Crippen molar-refractivity contribution < 1.29 is 9.53 Å². The van der Waals surface area contributed by atoms with Gasteiger partial charge in [-0.3, -0.25) is 9.69 Å². The number of carbonyl (C=O) groups excluding carboxylic acids is 1. The maximum atomic E-state index is 12.5. The minimum atomic E-state index is 0.00737. The number of piperidine rings is 1. The third-order valence-electron chi connectivity index (χ3n) is 7.21. The molecule has 3 unspecified atom stereocenters. The van der Waals surface area contributed by atoms with Crippen molar-refractivity contribution >= 4 is 5.91 Å². The minimum absolute atomic E-state index is 0.00737. The van der Waals surface area contributed by atoms with E-state index in [9.17, 15) is 4.79 Å². The predicted molar refractivity (Wildman–Crippen MR) is 96.8 cm³/mol. The van der Waals surface area contributed by atoms with Crippen LogP contribution >= 0.6 is 0 Å². The van der Waals surface area contributed by atoms with Gasteiger partial charge < -0.3 is 10.1 Å². The van der Waals surface area contributed by atoms with Gasteiger partial charge in [-0.15, -0.1) is 0 Å². The summed E-state index contributed by atoms with van der Waals surface area (Å²) in [6.07, 6.45) is 6.81. The summed E-state index contributed by atoms with van der Waals surface area (Å²) in [7, 11) is 1.74. The lowest BCUT2D eigenvalue weighted by Crippen LogP contribution is -2.60. The van der Waals surface area contributed by atoms with Gasteiger partial charge >= 0.3 is 0 Å². The number of methoxy groups -OCH3 is 1. The Labute approximate surface area is 149 Å². The fraction of sp³-hybridized carbons (Fsp3) is 0.667. The van der Waals surface area contributed by atoms with Gasteiger partial charge in [0, 0.05) is 31.0 Å². The second-order valence-corrected chi connectivity index (χ2v) is 8.56. The predicted octanol–water partition coefficient (Wildman–Crippen LogP) is 2.50. The Morgan fingerprint density at radius 1 is 1.32 bits per heavy atom. The van der Waals surface area contributed by atoms with E-state index in [-0.39, 0.29) is 11.3 Å². The van der Waals surface area contributed by atoms with Crippen LogP contribution in [0, 0.1) is 11.8 Å². The number of hydrogen-bond acceptors (Lipinski definition) is 3. The molecule has 1 saturated carbocycles. The Bertz CT molecular complexity index is 699. The summed E-state index contributed by atoms with van der Waals surface area (Å²) < 4.78 is 5.52. The van der Waals surface area contributed by atoms with Crippen molar-refractivity contribution in [2.75, 3.05) is 26.7 Å². The standard InChI is InChI=1S/C21H28N2O2/c1-25-16-5-4-15-10-19-17-6-8-22-20(24)12-21(17,18(15)11-16)7-9-23(19)13-14-2-3-14/h4-5,11,14,17,19H,2-3,6-10,12-13H2,1H3,(H,22,24). The number of likely N-dealkylation sites (tertiary alicyclic amines) is 1. The van der Waals surface area contributed by atoms with Crippen LogP contribution in [0.25, 0.3) is 0 Å². The van der Waals surface area contributed by atoms with E-state index >= 15 is 0 Å². The van der Waals surface area contributed by atoms with Crippen LogP contribution < -0.4 is 10.1 Å². The lowest BCUT2D eigenvalue weighted by Gasteiger charge is -2.56. The molecule has 0 spiro atoms. The van der Waals surface area contributed by atoms with Gasteiger partial charge in [-0.25, -0.2) is 0 Å². The quantitative estimate of drug-likeness (QED) is 0.919. The fourth-order valence-corrected chi connectivity index (χ4v) is 5.83. The van der Waals surface area contributed by atoms with Crippen molar-refractivity contribution in [3.63, 3.8) is 0 Å². The zero-order valence-corrected chi connectivity index (χ0v) is 15.1. The molecule has 1 amide bonds. The second-order valence-electron chi connectivity index (χ2n) is 8.56. The molecule has 1 aromatic rings. The van der Waals surface area contributed by atoms with Gasteiger partial charge in [0.15, 0.2) is 0 Å². The number of hydrogen-bond donors (Lipinski definition) is 1. The zero-order chi connectivity index (χ0) is 17.0. The molecule has 2 bridgehead atoms. The molecule has 4 heteroatoms. The average Bonchev–Trinajstić information content (AvgIpc) is 3.43. The molecule has 4 aliphatic rings. The maximum absolute atomic E-state index is 12.5. The molecule has 5 rings (SSSR count). The normalized spacial score (nSPS) is 34.5. The molecule has 2 heterocycles. The van der Waals surface area contributed by atoms with Crippen LogP contribution in [0.4, 0.5) is 0 Å². The molecule has 25 heavy (non-hydrogen) atoms. The van der Waals surface area contributed by atoms with Crippen molar-refractivity contribution in [3.05, 3.63) is 29.3 Å². The third kappa shape index (κ3) is 2.49. The van der Waals surface area contributed by atoms with E-state index in [0.29, 0.717) is 18.4 Å². The first-order valence-electron chi connectivity index (χ1n) is 9.88. The van der Waals surface area contributed by atoms with Crippen molar-refractivity contribution in [3.8, 4) is 5.75 Å². The van der Waals surface area contributed by atoms with Gasteiger partial charge in [-0.1, -0.05) is 6.07 Å². The van der Waals surface area contributed by atoms with Gasteiger partial charge in [0.05, 0.1) is 7.11 Å². The molecular weight excluding hydrogens is 312 g/mol. The lowest BCUT2D eigenvalue weighted by atomic mass is 9.55. The average molecular weight is 340 g/mol. The van der Waals surface area contributed by atoms with Crippen LogP contribution in [0.2, 0.25) is 0 Å². The number of nitrogens with zero attached hydrogens (tertiary/aromatic N) is 1. The van der Waals surface area contributed by atoms with Crippen molar-refractivity contribution in [1.29, 1.82) is 0 Å². The summed E-state index contributed by atoms with van der Waals surface area (Å²) in [5, 5.41) is 3.15. The molecular formula is C21H28N2O2. The van der Waals surface area contributed by atoms with Crippen LogP contribution in [0.3, 0.4) is 0 Å². The van der Waals surface area contributed by atoms with Crippen LogP contribution in [0.15, 0.2) is 18.2 Å². The smallest absolute Gasteiger partial charge is 0.220 e. The van der Waals surface area contributed by atoms with E-state index in [1.165, 1.54) is 30.5 Å². The molecule has 2 aliphatic heterocycles. The Kier molecular flexibility index (Phi) is 3.60. The molecule has 2 aliphatic carbocycles.